The molecule has 1 atom stereocenters. The fourth-order valence-electron chi connectivity index (χ4n) is 11.6. The highest BCUT2D eigenvalue weighted by Crippen LogP contribution is 2.46. The molecule has 6 aromatic carbocycles. The lowest BCUT2D eigenvalue weighted by Crippen LogP contribution is -2.13. The van der Waals surface area contributed by atoms with Crippen molar-refractivity contribution in [3.05, 3.63) is 133 Å². The van der Waals surface area contributed by atoms with Crippen LogP contribution in [0, 0.1) is 0 Å². The van der Waals surface area contributed by atoms with E-state index in [1.54, 1.807) is 0 Å². The molecule has 4 nitrogen and oxygen atoms in total. The van der Waals surface area contributed by atoms with Gasteiger partial charge in [-0.05, 0) is 87.9 Å². The minimum Gasteiger partial charge on any atom is -0.338 e. The SMILES string of the molecule is CCCCC(C)n1c2ccccc2c2cc3c(cc21)c1ccccc1n3C1=CC(n2c3ccccc3c3ccc4c5ccccc5n(C5CCCCC5)c4c32)=CCCC1. The fraction of sp³-hybridized carbons (Fsp3) is 0.273. The molecule has 0 radical (unpaired) electrons. The molecule has 0 N–H and O–H groups in total. The molecule has 0 aliphatic heterocycles. The molecule has 12 rings (SSSR count). The predicted molar refractivity (Wildman–Crippen MR) is 254 cm³/mol. The third-order valence-corrected chi connectivity index (χ3v) is 14.2. The topological polar surface area (TPSA) is 19.7 Å². The number of hydrogen-bond acceptors (Lipinski definition) is 0. The smallest absolute Gasteiger partial charge is 0.0785 e. The maximum absolute atomic E-state index is 2.77. The quantitative estimate of drug-likeness (QED) is 0.154. The lowest BCUT2D eigenvalue weighted by Gasteiger charge is -2.26. The van der Waals surface area contributed by atoms with E-state index in [1.165, 1.54) is 150 Å². The molecule has 4 aromatic heterocycles. The summed E-state index contributed by atoms with van der Waals surface area (Å²) in [6.45, 7) is 4.72. The van der Waals surface area contributed by atoms with Gasteiger partial charge in [0, 0.05) is 77.6 Å². The van der Waals surface area contributed by atoms with Gasteiger partial charge in [0.15, 0.2) is 0 Å². The Kier molecular flexibility index (Phi) is 8.18. The van der Waals surface area contributed by atoms with Gasteiger partial charge in [0.25, 0.3) is 0 Å². The maximum atomic E-state index is 2.77. The van der Waals surface area contributed by atoms with E-state index in [0.29, 0.717) is 12.1 Å². The summed E-state index contributed by atoms with van der Waals surface area (Å²) < 4.78 is 10.7. The van der Waals surface area contributed by atoms with Crippen LogP contribution >= 0.6 is 0 Å². The Hall–Kier alpha value is -6.00. The minimum absolute atomic E-state index is 0.426. The average molecular weight is 769 g/mol. The molecule has 0 saturated heterocycles. The van der Waals surface area contributed by atoms with Crippen molar-refractivity contribution in [2.45, 2.75) is 96.6 Å². The standard InChI is InChI=1S/C55H52N4/c1-3-4-18-36(2)56-48-27-14-12-25-42(48)46-35-53-47(34-52(46)56)43-26-13-15-28-49(43)57(53)38-21-8-9-22-39(33-38)59-51-30-17-11-24-41(51)45-32-31-44-40-23-10-16-29-50(40)58(54(44)55(45)59)37-19-6-5-7-20-37/h10-17,22-37H,3-9,18-21H2,1-2H3. The number of benzene rings is 6. The van der Waals surface area contributed by atoms with Gasteiger partial charge in [-0.25, -0.2) is 0 Å². The maximum Gasteiger partial charge on any atom is 0.0785 e. The van der Waals surface area contributed by atoms with E-state index in [0.717, 1.165) is 19.3 Å². The molecule has 292 valence electrons. The molecule has 10 aromatic rings. The third-order valence-electron chi connectivity index (χ3n) is 14.2. The number of aromatic nitrogens is 4. The number of rotatable bonds is 7. The number of fused-ring (bicyclic) bond motifs is 13. The van der Waals surface area contributed by atoms with Gasteiger partial charge in [0.2, 0.25) is 0 Å². The predicted octanol–water partition coefficient (Wildman–Crippen LogP) is 15.9. The zero-order valence-corrected chi connectivity index (χ0v) is 34.4. The van der Waals surface area contributed by atoms with E-state index in [9.17, 15) is 0 Å². The van der Waals surface area contributed by atoms with Crippen molar-refractivity contribution in [1.29, 1.82) is 0 Å². The number of para-hydroxylation sites is 4. The van der Waals surface area contributed by atoms with Crippen LogP contribution in [0.25, 0.3) is 98.6 Å². The second-order valence-electron chi connectivity index (χ2n) is 17.7. The lowest BCUT2D eigenvalue weighted by molar-refractivity contribution is 0.367. The molecule has 2 aliphatic rings. The molecule has 0 spiro atoms. The van der Waals surface area contributed by atoms with Crippen molar-refractivity contribution in [3.63, 3.8) is 0 Å². The Morgan fingerprint density at radius 2 is 1.12 bits per heavy atom. The Labute approximate surface area is 345 Å². The van der Waals surface area contributed by atoms with Crippen molar-refractivity contribution in [2.75, 3.05) is 0 Å². The number of nitrogens with zero attached hydrogens (tertiary/aromatic N) is 4. The van der Waals surface area contributed by atoms with Crippen molar-refractivity contribution >= 4 is 98.6 Å². The summed E-state index contributed by atoms with van der Waals surface area (Å²) in [6, 6.07) is 47.3. The Morgan fingerprint density at radius 3 is 1.85 bits per heavy atom. The first kappa shape index (κ1) is 35.0. The van der Waals surface area contributed by atoms with Crippen LogP contribution < -0.4 is 0 Å². The van der Waals surface area contributed by atoms with Crippen molar-refractivity contribution in [2.24, 2.45) is 0 Å². The van der Waals surface area contributed by atoms with E-state index in [4.69, 9.17) is 0 Å². The third kappa shape index (κ3) is 5.21. The van der Waals surface area contributed by atoms with Crippen LogP contribution in [0.15, 0.2) is 133 Å². The van der Waals surface area contributed by atoms with Gasteiger partial charge in [-0.1, -0.05) is 130 Å². The van der Waals surface area contributed by atoms with Gasteiger partial charge in [-0.15, -0.1) is 0 Å². The normalized spacial score (nSPS) is 16.4. The summed E-state index contributed by atoms with van der Waals surface area (Å²) in [5.74, 6) is 0. The average Bonchev–Trinajstić information content (AvgIpc) is 3.95. The highest BCUT2D eigenvalue weighted by Gasteiger charge is 2.26. The van der Waals surface area contributed by atoms with Crippen LogP contribution in [0.4, 0.5) is 0 Å². The van der Waals surface area contributed by atoms with E-state index in [-0.39, 0.29) is 0 Å². The Morgan fingerprint density at radius 1 is 0.542 bits per heavy atom. The summed E-state index contributed by atoms with van der Waals surface area (Å²) in [6.07, 6.45) is 18.3. The first-order valence-electron chi connectivity index (χ1n) is 22.5. The van der Waals surface area contributed by atoms with Gasteiger partial charge < -0.3 is 18.3 Å². The van der Waals surface area contributed by atoms with Crippen LogP contribution in [0.2, 0.25) is 0 Å². The highest BCUT2D eigenvalue weighted by atomic mass is 15.1. The molecule has 59 heavy (non-hydrogen) atoms. The molecular weight excluding hydrogens is 717 g/mol. The van der Waals surface area contributed by atoms with Crippen molar-refractivity contribution in [3.8, 4) is 0 Å². The Balaban J connectivity index is 1.13. The molecule has 1 fully saturated rings. The zero-order valence-electron chi connectivity index (χ0n) is 34.4. The fourth-order valence-corrected chi connectivity index (χ4v) is 11.6. The largest absolute Gasteiger partial charge is 0.338 e. The zero-order chi connectivity index (χ0) is 39.2. The summed E-state index contributed by atoms with van der Waals surface area (Å²) in [5.41, 5.74) is 13.3. The van der Waals surface area contributed by atoms with Crippen LogP contribution in [0.1, 0.15) is 96.6 Å². The monoisotopic (exact) mass is 768 g/mol. The van der Waals surface area contributed by atoms with E-state index < -0.39 is 0 Å². The summed E-state index contributed by atoms with van der Waals surface area (Å²) in [7, 11) is 0. The second-order valence-corrected chi connectivity index (χ2v) is 17.7. The van der Waals surface area contributed by atoms with Gasteiger partial charge in [-0.3, -0.25) is 0 Å². The number of hydrogen-bond donors (Lipinski definition) is 0. The number of allylic oxidation sites excluding steroid dienone is 4. The molecule has 0 amide bonds. The molecule has 4 heterocycles. The lowest BCUT2D eigenvalue weighted by atomic mass is 9.95. The van der Waals surface area contributed by atoms with Gasteiger partial charge >= 0.3 is 0 Å². The van der Waals surface area contributed by atoms with Gasteiger partial charge in [0.05, 0.1) is 33.1 Å². The highest BCUT2D eigenvalue weighted by molar-refractivity contribution is 6.24. The van der Waals surface area contributed by atoms with Crippen molar-refractivity contribution < 1.29 is 0 Å². The van der Waals surface area contributed by atoms with Crippen molar-refractivity contribution in [1.82, 2.24) is 18.3 Å². The Bertz CT molecular complexity index is 3350. The second kappa shape index (κ2) is 13.8. The number of unbranched alkanes of at least 4 members (excludes halogenated alkanes) is 1. The van der Waals surface area contributed by atoms with Crippen LogP contribution in [-0.4, -0.2) is 18.3 Å². The molecule has 2 aliphatic carbocycles. The van der Waals surface area contributed by atoms with E-state index in [1.807, 2.05) is 0 Å². The van der Waals surface area contributed by atoms with Gasteiger partial charge in [0.1, 0.15) is 0 Å². The molecule has 1 unspecified atom stereocenters. The summed E-state index contributed by atoms with van der Waals surface area (Å²) >= 11 is 0. The summed E-state index contributed by atoms with van der Waals surface area (Å²) in [5, 5.41) is 10.8. The first-order chi connectivity index (χ1) is 29.2. The van der Waals surface area contributed by atoms with Crippen LogP contribution in [-0.2, 0) is 0 Å². The minimum atomic E-state index is 0.426. The molecule has 0 bridgehead atoms. The van der Waals surface area contributed by atoms with Gasteiger partial charge in [-0.2, -0.15) is 0 Å². The first-order valence-corrected chi connectivity index (χ1v) is 22.5. The molecule has 1 saturated carbocycles. The van der Waals surface area contributed by atoms with E-state index >= 15 is 0 Å². The van der Waals surface area contributed by atoms with Crippen LogP contribution in [0.3, 0.4) is 0 Å². The molecular formula is C55H52N4. The summed E-state index contributed by atoms with van der Waals surface area (Å²) in [4.78, 5) is 0. The van der Waals surface area contributed by atoms with Crippen LogP contribution in [0.5, 0.6) is 0 Å². The molecule has 4 heteroatoms. The van der Waals surface area contributed by atoms with E-state index in [2.05, 4.69) is 166 Å².